The highest BCUT2D eigenvalue weighted by Gasteiger charge is 2.18. The second-order valence-corrected chi connectivity index (χ2v) is 8.08. The number of ether oxygens (including phenoxy) is 2. The summed E-state index contributed by atoms with van der Waals surface area (Å²) in [6.07, 6.45) is 2.06. The molecule has 152 valence electrons. The fourth-order valence-corrected chi connectivity index (χ4v) is 4.29. The van der Waals surface area contributed by atoms with Gasteiger partial charge in [0.1, 0.15) is 16.4 Å². The number of nitrogens with one attached hydrogen (secondary N) is 2. The molecule has 0 atom stereocenters. The van der Waals surface area contributed by atoms with Gasteiger partial charge in [-0.3, -0.25) is 10.1 Å². The topological polar surface area (TPSA) is 59.6 Å². The molecule has 0 saturated carbocycles. The maximum Gasteiger partial charge on any atom is 0.269 e. The van der Waals surface area contributed by atoms with E-state index in [0.717, 1.165) is 34.4 Å². The lowest BCUT2D eigenvalue weighted by Crippen LogP contribution is -2.33. The number of rotatable bonds is 7. The van der Waals surface area contributed by atoms with Crippen molar-refractivity contribution in [3.63, 3.8) is 0 Å². The Bertz CT molecular complexity index is 1040. The molecule has 2 N–H and O–H groups in total. The van der Waals surface area contributed by atoms with Crippen LogP contribution in [0, 0.1) is 0 Å². The number of benzene rings is 2. The summed E-state index contributed by atoms with van der Waals surface area (Å²) in [6.45, 7) is 2.78. The number of fused-ring (bicyclic) bond motifs is 1. The number of carbonyl (C=O) groups excluding carboxylic acids is 1. The van der Waals surface area contributed by atoms with E-state index in [-0.39, 0.29) is 11.0 Å². The molecule has 8 heteroatoms. The van der Waals surface area contributed by atoms with Crippen molar-refractivity contribution in [3.05, 3.63) is 52.4 Å². The Kier molecular flexibility index (Phi) is 7.30. The van der Waals surface area contributed by atoms with Crippen LogP contribution in [0.5, 0.6) is 11.5 Å². The number of hydrogen-bond donors (Lipinski definition) is 2. The Morgan fingerprint density at radius 2 is 2.03 bits per heavy atom. The zero-order chi connectivity index (χ0) is 20.8. The summed E-state index contributed by atoms with van der Waals surface area (Å²) >= 11 is 13.0. The lowest BCUT2D eigenvalue weighted by atomic mass is 10.2. The molecule has 2 aromatic carbocycles. The van der Waals surface area contributed by atoms with Gasteiger partial charge in [0.05, 0.1) is 18.7 Å². The van der Waals surface area contributed by atoms with Crippen LogP contribution in [0.2, 0.25) is 5.02 Å². The van der Waals surface area contributed by atoms with Gasteiger partial charge in [-0.1, -0.05) is 31.0 Å². The molecule has 29 heavy (non-hydrogen) atoms. The van der Waals surface area contributed by atoms with Gasteiger partial charge in [-0.2, -0.15) is 0 Å². The largest absolute Gasteiger partial charge is 0.497 e. The third-order valence-electron chi connectivity index (χ3n) is 4.13. The molecule has 0 fully saturated rings. The molecular formula is C21H21ClN2O3S2. The first kappa shape index (κ1) is 21.4. The van der Waals surface area contributed by atoms with Crippen LogP contribution in [-0.2, 0) is 0 Å². The lowest BCUT2D eigenvalue weighted by molar-refractivity contribution is 0.0982. The first-order chi connectivity index (χ1) is 14.0. The highest BCUT2D eigenvalue weighted by atomic mass is 35.5. The van der Waals surface area contributed by atoms with Crippen LogP contribution in [0.15, 0.2) is 42.5 Å². The maximum atomic E-state index is 12.7. The van der Waals surface area contributed by atoms with Gasteiger partial charge in [0.2, 0.25) is 0 Å². The lowest BCUT2D eigenvalue weighted by Gasteiger charge is -2.11. The first-order valence-electron chi connectivity index (χ1n) is 9.13. The van der Waals surface area contributed by atoms with Crippen molar-refractivity contribution in [2.75, 3.05) is 19.0 Å². The minimum Gasteiger partial charge on any atom is -0.497 e. The van der Waals surface area contributed by atoms with Gasteiger partial charge in [-0.15, -0.1) is 11.3 Å². The molecule has 0 bridgehead atoms. The predicted octanol–water partition coefficient (Wildman–Crippen LogP) is 5.87. The van der Waals surface area contributed by atoms with Crippen molar-refractivity contribution in [3.8, 4) is 11.5 Å². The highest BCUT2D eigenvalue weighted by molar-refractivity contribution is 7.80. The van der Waals surface area contributed by atoms with E-state index >= 15 is 0 Å². The van der Waals surface area contributed by atoms with Crippen LogP contribution < -0.4 is 20.1 Å². The Hall–Kier alpha value is -2.35. The van der Waals surface area contributed by atoms with E-state index in [4.69, 9.17) is 33.3 Å². The number of thiocarbonyl (C=S) groups is 1. The van der Waals surface area contributed by atoms with E-state index in [1.807, 2.05) is 42.5 Å². The van der Waals surface area contributed by atoms with Crippen LogP contribution in [0.25, 0.3) is 10.1 Å². The molecule has 3 rings (SSSR count). The van der Waals surface area contributed by atoms with E-state index in [2.05, 4.69) is 17.6 Å². The van der Waals surface area contributed by atoms with Gasteiger partial charge in [-0.25, -0.2) is 0 Å². The Morgan fingerprint density at radius 1 is 1.21 bits per heavy atom. The molecular weight excluding hydrogens is 428 g/mol. The van der Waals surface area contributed by atoms with Gasteiger partial charge in [0.15, 0.2) is 5.11 Å². The average molecular weight is 449 g/mol. The predicted molar refractivity (Wildman–Crippen MR) is 124 cm³/mol. The molecule has 0 saturated heterocycles. The summed E-state index contributed by atoms with van der Waals surface area (Å²) in [4.78, 5) is 13.1. The third-order valence-corrected chi connectivity index (χ3v) is 5.99. The molecule has 5 nitrogen and oxygen atoms in total. The second kappa shape index (κ2) is 9.91. The summed E-state index contributed by atoms with van der Waals surface area (Å²) in [5.74, 6) is 1.10. The van der Waals surface area contributed by atoms with Crippen molar-refractivity contribution in [1.82, 2.24) is 5.32 Å². The van der Waals surface area contributed by atoms with E-state index in [1.54, 1.807) is 7.11 Å². The normalized spacial score (nSPS) is 10.6. The Labute approximate surface area is 184 Å². The number of thiophene rings is 1. The minimum atomic E-state index is -0.358. The summed E-state index contributed by atoms with van der Waals surface area (Å²) in [5, 5.41) is 7.08. The summed E-state index contributed by atoms with van der Waals surface area (Å²) in [5.41, 5.74) is 0.733. The zero-order valence-electron chi connectivity index (χ0n) is 16.1. The van der Waals surface area contributed by atoms with E-state index in [1.165, 1.54) is 11.3 Å². The fourth-order valence-electron chi connectivity index (χ4n) is 2.64. The number of halogens is 1. The fraction of sp³-hybridized carbons (Fsp3) is 0.238. The summed E-state index contributed by atoms with van der Waals surface area (Å²) < 4.78 is 11.8. The number of hydrogen-bond acceptors (Lipinski definition) is 5. The smallest absolute Gasteiger partial charge is 0.269 e. The quantitative estimate of drug-likeness (QED) is 0.349. The Balaban J connectivity index is 1.66. The SMILES string of the molecule is CCCCOc1cccc(NC(=S)NC(=O)c2sc3cc(OC)ccc3c2Cl)c1. The van der Waals surface area contributed by atoms with Gasteiger partial charge < -0.3 is 14.8 Å². The van der Waals surface area contributed by atoms with E-state index in [0.29, 0.717) is 22.3 Å². The molecule has 1 aromatic heterocycles. The van der Waals surface area contributed by atoms with E-state index < -0.39 is 0 Å². The average Bonchev–Trinajstić information content (AvgIpc) is 3.04. The number of amides is 1. The number of anilines is 1. The monoisotopic (exact) mass is 448 g/mol. The van der Waals surface area contributed by atoms with Gasteiger partial charge in [0, 0.05) is 21.8 Å². The standard InChI is InChI=1S/C21H21ClN2O3S2/c1-3-4-10-27-15-7-5-6-13(11-15)23-21(28)24-20(25)19-18(22)16-9-8-14(26-2)12-17(16)29-19/h5-9,11-12H,3-4,10H2,1-2H3,(H2,23,24,25,28). The van der Waals surface area contributed by atoms with Gasteiger partial charge in [-0.05, 0) is 49.0 Å². The maximum absolute atomic E-state index is 12.7. The molecule has 0 unspecified atom stereocenters. The van der Waals surface area contributed by atoms with Crippen LogP contribution in [0.3, 0.4) is 0 Å². The minimum absolute atomic E-state index is 0.187. The van der Waals surface area contributed by atoms with Crippen molar-refractivity contribution in [2.24, 2.45) is 0 Å². The molecule has 1 amide bonds. The molecule has 0 radical (unpaired) electrons. The van der Waals surface area contributed by atoms with Crippen molar-refractivity contribution in [2.45, 2.75) is 19.8 Å². The van der Waals surface area contributed by atoms with Crippen LogP contribution in [0.1, 0.15) is 29.4 Å². The van der Waals surface area contributed by atoms with Gasteiger partial charge >= 0.3 is 0 Å². The van der Waals surface area contributed by atoms with Crippen molar-refractivity contribution < 1.29 is 14.3 Å². The summed E-state index contributed by atoms with van der Waals surface area (Å²) in [6, 6.07) is 12.9. The molecule has 0 spiro atoms. The highest BCUT2D eigenvalue weighted by Crippen LogP contribution is 2.37. The molecule has 1 heterocycles. The second-order valence-electron chi connectivity index (χ2n) is 6.25. The third kappa shape index (κ3) is 5.38. The first-order valence-corrected chi connectivity index (χ1v) is 10.7. The van der Waals surface area contributed by atoms with Crippen LogP contribution in [-0.4, -0.2) is 24.7 Å². The number of methoxy groups -OCH3 is 1. The number of unbranched alkanes of at least 4 members (excludes halogenated alkanes) is 1. The molecule has 0 aliphatic rings. The van der Waals surface area contributed by atoms with Crippen LogP contribution in [0.4, 0.5) is 5.69 Å². The summed E-state index contributed by atoms with van der Waals surface area (Å²) in [7, 11) is 1.60. The van der Waals surface area contributed by atoms with Crippen molar-refractivity contribution in [1.29, 1.82) is 0 Å². The Morgan fingerprint density at radius 3 is 2.79 bits per heavy atom. The number of carbonyl (C=O) groups is 1. The van der Waals surface area contributed by atoms with Gasteiger partial charge in [0.25, 0.3) is 5.91 Å². The molecule has 0 aliphatic carbocycles. The zero-order valence-corrected chi connectivity index (χ0v) is 18.5. The molecule has 3 aromatic rings. The molecule has 0 aliphatic heterocycles. The van der Waals surface area contributed by atoms with Crippen molar-refractivity contribution >= 4 is 61.9 Å². The van der Waals surface area contributed by atoms with Crippen LogP contribution >= 0.6 is 35.2 Å². The van der Waals surface area contributed by atoms with E-state index in [9.17, 15) is 4.79 Å².